The van der Waals surface area contributed by atoms with E-state index in [2.05, 4.69) is 17.0 Å². The zero-order valence-corrected chi connectivity index (χ0v) is 11.2. The molecule has 1 unspecified atom stereocenters. The third-order valence-corrected chi connectivity index (χ3v) is 3.34. The van der Waals surface area contributed by atoms with Gasteiger partial charge in [-0.3, -0.25) is 4.79 Å². The summed E-state index contributed by atoms with van der Waals surface area (Å²) in [5, 5.41) is 11.3. The molecule has 1 rings (SSSR count). The highest BCUT2D eigenvalue weighted by Crippen LogP contribution is 2.18. The number of ether oxygens (including phenoxy) is 1. The zero-order chi connectivity index (χ0) is 14.4. The molecule has 1 aliphatic rings. The Bertz CT molecular complexity index is 358. The number of carbonyl (C=O) groups excluding carboxylic acids is 2. The fourth-order valence-corrected chi connectivity index (χ4v) is 2.04. The van der Waals surface area contributed by atoms with Gasteiger partial charge in [-0.25, -0.2) is 9.59 Å². The average Bonchev–Trinajstić information content (AvgIpc) is 2.86. The van der Waals surface area contributed by atoms with E-state index in [1.54, 1.807) is 4.90 Å². The van der Waals surface area contributed by atoms with E-state index >= 15 is 0 Å². The summed E-state index contributed by atoms with van der Waals surface area (Å²) in [6.07, 6.45) is 1.55. The minimum absolute atomic E-state index is 0.372. The van der Waals surface area contributed by atoms with Crippen molar-refractivity contribution in [3.63, 3.8) is 0 Å². The molecule has 1 saturated heterocycles. The molecule has 0 bridgehead atoms. The van der Waals surface area contributed by atoms with Gasteiger partial charge in [0.05, 0.1) is 13.5 Å². The molecule has 0 aromatic carbocycles. The van der Waals surface area contributed by atoms with Crippen LogP contribution in [0.1, 0.15) is 26.2 Å². The van der Waals surface area contributed by atoms with Crippen LogP contribution in [0.5, 0.6) is 0 Å². The van der Waals surface area contributed by atoms with Gasteiger partial charge in [0.25, 0.3) is 0 Å². The third-order valence-electron chi connectivity index (χ3n) is 3.34. The monoisotopic (exact) mass is 272 g/mol. The van der Waals surface area contributed by atoms with Crippen LogP contribution < -0.4 is 5.32 Å². The Hall–Kier alpha value is -1.79. The smallest absolute Gasteiger partial charge is 0.326 e. The fraction of sp³-hybridized carbons (Fsp3) is 0.750. The van der Waals surface area contributed by atoms with E-state index in [4.69, 9.17) is 5.11 Å². The lowest BCUT2D eigenvalue weighted by Crippen LogP contribution is -2.48. The first kappa shape index (κ1) is 15.3. The molecule has 2 N–H and O–H groups in total. The summed E-state index contributed by atoms with van der Waals surface area (Å²) in [6.45, 7) is 3.31. The second kappa shape index (κ2) is 6.96. The molecule has 0 aromatic heterocycles. The molecular formula is C12H20N2O5. The quantitative estimate of drug-likeness (QED) is 0.708. The molecule has 2 atom stereocenters. The molecule has 108 valence electrons. The molecule has 1 aliphatic heterocycles. The summed E-state index contributed by atoms with van der Waals surface area (Å²) in [6, 6.07) is -1.69. The van der Waals surface area contributed by atoms with Gasteiger partial charge in [0.15, 0.2) is 0 Å². The van der Waals surface area contributed by atoms with E-state index in [1.807, 2.05) is 0 Å². The van der Waals surface area contributed by atoms with Crippen LogP contribution in [-0.2, 0) is 14.3 Å². The number of carboxylic acid groups (broad SMARTS) is 1. The molecule has 1 fully saturated rings. The average molecular weight is 272 g/mol. The summed E-state index contributed by atoms with van der Waals surface area (Å²) >= 11 is 0. The van der Waals surface area contributed by atoms with Crippen LogP contribution in [0.15, 0.2) is 0 Å². The van der Waals surface area contributed by atoms with Crippen molar-refractivity contribution in [1.82, 2.24) is 10.2 Å². The fourth-order valence-electron chi connectivity index (χ4n) is 2.04. The number of amides is 2. The van der Waals surface area contributed by atoms with Crippen molar-refractivity contribution in [1.29, 1.82) is 0 Å². The molecule has 0 aliphatic carbocycles. The number of hydrogen-bond acceptors (Lipinski definition) is 4. The minimum Gasteiger partial charge on any atom is -0.480 e. The SMILES string of the molecule is CCC1CCN(C(=O)N[C@@H](CC(=O)OC)C(=O)O)C1. The van der Waals surface area contributed by atoms with Crippen molar-refractivity contribution in [3.05, 3.63) is 0 Å². The van der Waals surface area contributed by atoms with E-state index in [9.17, 15) is 14.4 Å². The molecule has 1 heterocycles. The number of nitrogens with zero attached hydrogens (tertiary/aromatic N) is 1. The summed E-state index contributed by atoms with van der Waals surface area (Å²) in [5.74, 6) is -1.44. The van der Waals surface area contributed by atoms with Gasteiger partial charge in [-0.15, -0.1) is 0 Å². The van der Waals surface area contributed by atoms with Crippen LogP contribution in [0.4, 0.5) is 4.79 Å². The zero-order valence-electron chi connectivity index (χ0n) is 11.2. The number of esters is 1. The van der Waals surface area contributed by atoms with Gasteiger partial charge >= 0.3 is 18.0 Å². The number of rotatable bonds is 5. The van der Waals surface area contributed by atoms with Crippen LogP contribution in [0.25, 0.3) is 0 Å². The van der Waals surface area contributed by atoms with E-state index in [-0.39, 0.29) is 6.42 Å². The van der Waals surface area contributed by atoms with Crippen molar-refractivity contribution in [2.45, 2.75) is 32.2 Å². The Morgan fingerprint density at radius 2 is 2.16 bits per heavy atom. The standard InChI is InChI=1S/C12H20N2O5/c1-3-8-4-5-14(7-8)12(18)13-9(11(16)17)6-10(15)19-2/h8-9H,3-7H2,1-2H3,(H,13,18)(H,16,17)/t8?,9-/m0/s1. The van der Waals surface area contributed by atoms with Crippen LogP contribution in [-0.4, -0.2) is 54.2 Å². The highest BCUT2D eigenvalue weighted by molar-refractivity contribution is 5.86. The molecule has 7 heteroatoms. The van der Waals surface area contributed by atoms with E-state index in [0.29, 0.717) is 19.0 Å². The highest BCUT2D eigenvalue weighted by atomic mass is 16.5. The lowest BCUT2D eigenvalue weighted by atomic mass is 10.1. The van der Waals surface area contributed by atoms with Gasteiger partial charge < -0.3 is 20.1 Å². The molecule has 0 aromatic rings. The van der Waals surface area contributed by atoms with Gasteiger partial charge in [0.2, 0.25) is 0 Å². The maximum absolute atomic E-state index is 11.9. The lowest BCUT2D eigenvalue weighted by Gasteiger charge is -2.20. The normalized spacial score (nSPS) is 19.9. The number of nitrogens with one attached hydrogen (secondary N) is 1. The number of carboxylic acids is 1. The van der Waals surface area contributed by atoms with Crippen molar-refractivity contribution in [2.75, 3.05) is 20.2 Å². The predicted octanol–water partition coefficient (Wildman–Crippen LogP) is 0.444. The number of carbonyl (C=O) groups is 3. The Balaban J connectivity index is 2.52. The number of likely N-dealkylation sites (tertiary alicyclic amines) is 1. The van der Waals surface area contributed by atoms with Gasteiger partial charge in [-0.05, 0) is 12.3 Å². The van der Waals surface area contributed by atoms with Gasteiger partial charge in [-0.1, -0.05) is 13.3 Å². The molecule has 0 spiro atoms. The topological polar surface area (TPSA) is 95.9 Å². The molecule has 0 radical (unpaired) electrons. The van der Waals surface area contributed by atoms with Crippen LogP contribution in [0.2, 0.25) is 0 Å². The number of hydrogen-bond donors (Lipinski definition) is 2. The Labute approximate surface area is 111 Å². The molecule has 0 saturated carbocycles. The molecular weight excluding hydrogens is 252 g/mol. The van der Waals surface area contributed by atoms with Crippen LogP contribution in [0, 0.1) is 5.92 Å². The largest absolute Gasteiger partial charge is 0.480 e. The van der Waals surface area contributed by atoms with Crippen molar-refractivity contribution in [3.8, 4) is 0 Å². The van der Waals surface area contributed by atoms with E-state index in [1.165, 1.54) is 7.11 Å². The van der Waals surface area contributed by atoms with Crippen molar-refractivity contribution >= 4 is 18.0 Å². The van der Waals surface area contributed by atoms with E-state index < -0.39 is 24.0 Å². The number of methoxy groups -OCH3 is 1. The van der Waals surface area contributed by atoms with Gasteiger partial charge in [-0.2, -0.15) is 0 Å². The van der Waals surface area contributed by atoms with Gasteiger partial charge in [0, 0.05) is 13.1 Å². The predicted molar refractivity (Wildman–Crippen MR) is 66.6 cm³/mol. The Kier molecular flexibility index (Phi) is 5.59. The van der Waals surface area contributed by atoms with Crippen molar-refractivity contribution < 1.29 is 24.2 Å². The summed E-state index contributed by atoms with van der Waals surface area (Å²) in [5.41, 5.74) is 0. The minimum atomic E-state index is -1.25. The number of urea groups is 1. The lowest BCUT2D eigenvalue weighted by molar-refractivity contribution is -0.147. The van der Waals surface area contributed by atoms with Crippen LogP contribution >= 0.6 is 0 Å². The molecule has 19 heavy (non-hydrogen) atoms. The molecule has 2 amide bonds. The number of aliphatic carboxylic acids is 1. The Morgan fingerprint density at radius 3 is 2.63 bits per heavy atom. The first-order valence-electron chi connectivity index (χ1n) is 6.33. The second-order valence-corrected chi connectivity index (χ2v) is 4.63. The second-order valence-electron chi connectivity index (χ2n) is 4.63. The summed E-state index contributed by atoms with van der Waals surface area (Å²) < 4.78 is 4.41. The Morgan fingerprint density at radius 1 is 1.47 bits per heavy atom. The third kappa shape index (κ3) is 4.42. The maximum Gasteiger partial charge on any atom is 0.326 e. The summed E-state index contributed by atoms with van der Waals surface area (Å²) in [4.78, 5) is 35.5. The highest BCUT2D eigenvalue weighted by Gasteiger charge is 2.29. The van der Waals surface area contributed by atoms with Crippen molar-refractivity contribution in [2.24, 2.45) is 5.92 Å². The summed E-state index contributed by atoms with van der Waals surface area (Å²) in [7, 11) is 1.18. The van der Waals surface area contributed by atoms with Crippen LogP contribution in [0.3, 0.4) is 0 Å². The first-order valence-corrected chi connectivity index (χ1v) is 6.33. The maximum atomic E-state index is 11.9. The molecule has 7 nitrogen and oxygen atoms in total. The first-order chi connectivity index (χ1) is 8.97. The van der Waals surface area contributed by atoms with Gasteiger partial charge in [0.1, 0.15) is 6.04 Å². The van der Waals surface area contributed by atoms with E-state index in [0.717, 1.165) is 12.8 Å².